The topological polar surface area (TPSA) is 6.48 Å². The third-order valence-electron chi connectivity index (χ3n) is 4.05. The van der Waals surface area contributed by atoms with Crippen molar-refractivity contribution in [1.82, 2.24) is 9.80 Å². The van der Waals surface area contributed by atoms with Crippen molar-refractivity contribution >= 4 is 15.9 Å². The molecule has 2 heterocycles. The van der Waals surface area contributed by atoms with E-state index in [1.54, 1.807) is 0 Å². The minimum absolute atomic E-state index is 0.951. The van der Waals surface area contributed by atoms with Crippen LogP contribution in [0.4, 0.5) is 0 Å². The van der Waals surface area contributed by atoms with Crippen molar-refractivity contribution in [2.75, 3.05) is 44.6 Å². The van der Waals surface area contributed by atoms with E-state index in [4.69, 9.17) is 0 Å². The van der Waals surface area contributed by atoms with Gasteiger partial charge in [-0.15, -0.1) is 0 Å². The third kappa shape index (κ3) is 4.01. The summed E-state index contributed by atoms with van der Waals surface area (Å²) in [6, 6.07) is 0. The third-order valence-corrected chi connectivity index (χ3v) is 4.51. The van der Waals surface area contributed by atoms with Crippen LogP contribution in [0.2, 0.25) is 0 Å². The molecule has 2 aliphatic rings. The molecule has 2 aliphatic heterocycles. The highest BCUT2D eigenvalue weighted by atomic mass is 79.9. The van der Waals surface area contributed by atoms with E-state index in [-0.39, 0.29) is 0 Å². The van der Waals surface area contributed by atoms with Gasteiger partial charge >= 0.3 is 0 Å². The van der Waals surface area contributed by atoms with E-state index in [2.05, 4.69) is 25.7 Å². The smallest absolute Gasteiger partial charge is 0.0109 e. The molecule has 0 radical (unpaired) electrons. The van der Waals surface area contributed by atoms with Gasteiger partial charge in [0.2, 0.25) is 0 Å². The Bertz CT molecular complexity index is 190. The van der Waals surface area contributed by atoms with Gasteiger partial charge in [-0.1, -0.05) is 15.9 Å². The molecular formula is C13H25BrN2. The molecule has 0 amide bonds. The van der Waals surface area contributed by atoms with Gasteiger partial charge < -0.3 is 9.80 Å². The number of rotatable bonds is 5. The summed E-state index contributed by atoms with van der Waals surface area (Å²) in [5.74, 6) is 0.951. The second-order valence-electron chi connectivity index (χ2n) is 5.34. The zero-order chi connectivity index (χ0) is 11.2. The van der Waals surface area contributed by atoms with Crippen molar-refractivity contribution in [3.05, 3.63) is 0 Å². The lowest BCUT2D eigenvalue weighted by atomic mass is 9.96. The number of halogens is 1. The molecule has 2 fully saturated rings. The van der Waals surface area contributed by atoms with Crippen LogP contribution in [0.15, 0.2) is 0 Å². The van der Waals surface area contributed by atoms with Crippen LogP contribution in [0.3, 0.4) is 0 Å². The maximum absolute atomic E-state index is 3.57. The van der Waals surface area contributed by atoms with Crippen LogP contribution in [0.25, 0.3) is 0 Å². The molecule has 3 heteroatoms. The number of hydrogen-bond acceptors (Lipinski definition) is 2. The molecule has 0 aromatic carbocycles. The average Bonchev–Trinajstić information content (AvgIpc) is 2.80. The number of hydrogen-bond donors (Lipinski definition) is 0. The van der Waals surface area contributed by atoms with E-state index in [1.807, 2.05) is 0 Å². The first-order chi connectivity index (χ1) is 7.88. The van der Waals surface area contributed by atoms with Crippen molar-refractivity contribution < 1.29 is 0 Å². The van der Waals surface area contributed by atoms with Crippen molar-refractivity contribution in [3.8, 4) is 0 Å². The molecule has 16 heavy (non-hydrogen) atoms. The van der Waals surface area contributed by atoms with Gasteiger partial charge in [0.05, 0.1) is 0 Å². The van der Waals surface area contributed by atoms with Gasteiger partial charge in [0, 0.05) is 25.0 Å². The summed E-state index contributed by atoms with van der Waals surface area (Å²) in [5.41, 5.74) is 0. The molecule has 2 saturated heterocycles. The highest BCUT2D eigenvalue weighted by molar-refractivity contribution is 9.09. The second-order valence-corrected chi connectivity index (χ2v) is 6.13. The predicted molar refractivity (Wildman–Crippen MR) is 73.2 cm³/mol. The zero-order valence-corrected chi connectivity index (χ0v) is 11.9. The van der Waals surface area contributed by atoms with Gasteiger partial charge in [-0.3, -0.25) is 0 Å². The summed E-state index contributed by atoms with van der Waals surface area (Å²) in [6.07, 6.45) is 7.07. The first-order valence-corrected chi connectivity index (χ1v) is 8.01. The Morgan fingerprint density at radius 3 is 2.38 bits per heavy atom. The second kappa shape index (κ2) is 6.97. The molecule has 0 N–H and O–H groups in total. The standard InChI is InChI=1S/C13H25BrN2/c14-6-5-13-4-3-9-16(12-13)11-10-15-7-1-2-8-15/h13H,1-12H2. The molecule has 1 unspecified atom stereocenters. The highest BCUT2D eigenvalue weighted by Gasteiger charge is 2.20. The molecule has 0 aromatic rings. The van der Waals surface area contributed by atoms with Gasteiger partial charge in [-0.25, -0.2) is 0 Å². The fourth-order valence-electron chi connectivity index (χ4n) is 3.03. The predicted octanol–water partition coefficient (Wildman–Crippen LogP) is 2.58. The van der Waals surface area contributed by atoms with Crippen LogP contribution in [-0.2, 0) is 0 Å². The summed E-state index contributed by atoms with van der Waals surface area (Å²) in [5, 5.41) is 1.18. The van der Waals surface area contributed by atoms with Gasteiger partial charge in [0.25, 0.3) is 0 Å². The van der Waals surface area contributed by atoms with Crippen molar-refractivity contribution in [3.63, 3.8) is 0 Å². The Morgan fingerprint density at radius 1 is 0.938 bits per heavy atom. The molecule has 0 aromatic heterocycles. The molecule has 2 rings (SSSR count). The SMILES string of the molecule is BrCCC1CCCN(CCN2CCCC2)C1. The molecule has 0 spiro atoms. The molecular weight excluding hydrogens is 264 g/mol. The van der Waals surface area contributed by atoms with Gasteiger partial charge in [-0.05, 0) is 57.7 Å². The fourth-order valence-corrected chi connectivity index (χ4v) is 3.68. The van der Waals surface area contributed by atoms with Crippen LogP contribution >= 0.6 is 15.9 Å². The van der Waals surface area contributed by atoms with E-state index >= 15 is 0 Å². The van der Waals surface area contributed by atoms with E-state index in [9.17, 15) is 0 Å². The monoisotopic (exact) mass is 288 g/mol. The summed E-state index contributed by atoms with van der Waals surface area (Å²) >= 11 is 3.57. The minimum atomic E-state index is 0.951. The van der Waals surface area contributed by atoms with Gasteiger partial charge in [0.15, 0.2) is 0 Å². The molecule has 0 saturated carbocycles. The number of alkyl halides is 1. The van der Waals surface area contributed by atoms with E-state index in [0.29, 0.717) is 0 Å². The fraction of sp³-hybridized carbons (Fsp3) is 1.00. The Balaban J connectivity index is 1.64. The first kappa shape index (κ1) is 12.8. The number of likely N-dealkylation sites (tertiary alicyclic amines) is 2. The normalized spacial score (nSPS) is 28.7. The maximum atomic E-state index is 3.57. The lowest BCUT2D eigenvalue weighted by Gasteiger charge is -2.33. The number of nitrogens with zero attached hydrogens (tertiary/aromatic N) is 2. The summed E-state index contributed by atoms with van der Waals surface area (Å²) in [7, 11) is 0. The van der Waals surface area contributed by atoms with Crippen LogP contribution in [0, 0.1) is 5.92 Å². The van der Waals surface area contributed by atoms with Crippen LogP contribution in [0.1, 0.15) is 32.1 Å². The minimum Gasteiger partial charge on any atom is -0.302 e. The summed E-state index contributed by atoms with van der Waals surface area (Å²) < 4.78 is 0. The highest BCUT2D eigenvalue weighted by Crippen LogP contribution is 2.20. The Hall–Kier alpha value is 0.400. The van der Waals surface area contributed by atoms with Crippen molar-refractivity contribution in [2.24, 2.45) is 5.92 Å². The molecule has 0 aliphatic carbocycles. The Kier molecular flexibility index (Phi) is 5.60. The van der Waals surface area contributed by atoms with E-state index < -0.39 is 0 Å². The lowest BCUT2D eigenvalue weighted by Crippen LogP contribution is -2.40. The Morgan fingerprint density at radius 2 is 1.62 bits per heavy atom. The van der Waals surface area contributed by atoms with Crippen molar-refractivity contribution in [1.29, 1.82) is 0 Å². The van der Waals surface area contributed by atoms with E-state index in [1.165, 1.54) is 76.7 Å². The van der Waals surface area contributed by atoms with Gasteiger partial charge in [-0.2, -0.15) is 0 Å². The average molecular weight is 289 g/mol. The van der Waals surface area contributed by atoms with Crippen LogP contribution in [-0.4, -0.2) is 54.4 Å². The first-order valence-electron chi connectivity index (χ1n) is 6.89. The summed E-state index contributed by atoms with van der Waals surface area (Å²) in [6.45, 7) is 7.99. The van der Waals surface area contributed by atoms with E-state index in [0.717, 1.165) is 5.92 Å². The lowest BCUT2D eigenvalue weighted by molar-refractivity contribution is 0.154. The molecule has 94 valence electrons. The molecule has 0 bridgehead atoms. The molecule has 1 atom stereocenters. The quantitative estimate of drug-likeness (QED) is 0.718. The van der Waals surface area contributed by atoms with Crippen LogP contribution < -0.4 is 0 Å². The number of piperidine rings is 1. The zero-order valence-electron chi connectivity index (χ0n) is 10.3. The molecule has 2 nitrogen and oxygen atoms in total. The van der Waals surface area contributed by atoms with Crippen LogP contribution in [0.5, 0.6) is 0 Å². The Labute approximate surface area is 108 Å². The summed E-state index contributed by atoms with van der Waals surface area (Å²) in [4.78, 5) is 5.32. The largest absolute Gasteiger partial charge is 0.302 e. The van der Waals surface area contributed by atoms with Crippen molar-refractivity contribution in [2.45, 2.75) is 32.1 Å². The van der Waals surface area contributed by atoms with Gasteiger partial charge in [0.1, 0.15) is 0 Å². The maximum Gasteiger partial charge on any atom is 0.0109 e.